The minimum atomic E-state index is -3.83. The maximum Gasteiger partial charge on any atom is 0.262 e. The Balaban J connectivity index is 1.51. The second-order valence-electron chi connectivity index (χ2n) is 9.30. The number of likely N-dealkylation sites (N-methyl/N-ethyl adjacent to an activating group) is 1. The minimum Gasteiger partial charge on any atom is -0.490 e. The molecule has 0 radical (unpaired) electrons. The zero-order chi connectivity index (χ0) is 25.9. The topological polar surface area (TPSA) is 114 Å². The van der Waals surface area contributed by atoms with Crippen LogP contribution in [0.3, 0.4) is 0 Å². The Morgan fingerprint density at radius 2 is 1.94 bits per heavy atom. The Kier molecular flexibility index (Phi) is 7.85. The summed E-state index contributed by atoms with van der Waals surface area (Å²) in [7, 11) is -2.11. The molecule has 194 valence electrons. The van der Waals surface area contributed by atoms with E-state index in [2.05, 4.69) is 10.0 Å². The molecule has 0 bridgehead atoms. The molecule has 3 atom stereocenters. The molecule has 2 heterocycles. The van der Waals surface area contributed by atoms with E-state index in [1.165, 1.54) is 12.1 Å². The van der Waals surface area contributed by atoms with Crippen LogP contribution in [0, 0.1) is 6.92 Å². The van der Waals surface area contributed by atoms with Crippen LogP contribution < -0.4 is 14.8 Å². The van der Waals surface area contributed by atoms with Crippen LogP contribution in [0.15, 0.2) is 47.4 Å². The number of hydrogen-bond donors (Lipinski definition) is 2. The second-order valence-corrected chi connectivity index (χ2v) is 11.0. The van der Waals surface area contributed by atoms with Crippen molar-refractivity contribution in [1.82, 2.24) is 10.2 Å². The maximum atomic E-state index is 13.4. The molecule has 2 aliphatic rings. The van der Waals surface area contributed by atoms with Crippen molar-refractivity contribution in [1.29, 1.82) is 0 Å². The summed E-state index contributed by atoms with van der Waals surface area (Å²) in [6.45, 7) is 4.58. The molecular weight excluding hydrogens is 482 g/mol. The number of anilines is 1. The van der Waals surface area contributed by atoms with Gasteiger partial charge in [-0.05, 0) is 56.0 Å². The van der Waals surface area contributed by atoms with Crippen molar-refractivity contribution in [2.75, 3.05) is 24.9 Å². The number of ether oxygens (including phenoxy) is 2. The van der Waals surface area contributed by atoms with E-state index in [-0.39, 0.29) is 59.2 Å². The van der Waals surface area contributed by atoms with E-state index in [0.717, 1.165) is 6.42 Å². The van der Waals surface area contributed by atoms with Crippen molar-refractivity contribution in [3.8, 4) is 5.75 Å². The molecule has 2 amide bonds. The van der Waals surface area contributed by atoms with Crippen LogP contribution in [0.1, 0.15) is 48.5 Å². The minimum absolute atomic E-state index is 0.0393. The van der Waals surface area contributed by atoms with Gasteiger partial charge in [0, 0.05) is 19.3 Å². The molecule has 1 fully saturated rings. The third-order valence-corrected chi connectivity index (χ3v) is 8.17. The number of benzene rings is 2. The highest BCUT2D eigenvalue weighted by Gasteiger charge is 2.39. The monoisotopic (exact) mass is 515 g/mol. The number of hydrogen-bond acceptors (Lipinski definition) is 6. The Bertz CT molecular complexity index is 1230. The maximum absolute atomic E-state index is 13.4. The van der Waals surface area contributed by atoms with Crippen LogP contribution >= 0.6 is 0 Å². The van der Waals surface area contributed by atoms with E-state index in [4.69, 9.17) is 9.47 Å². The van der Waals surface area contributed by atoms with Crippen LogP contribution in [0.4, 0.5) is 5.69 Å². The summed E-state index contributed by atoms with van der Waals surface area (Å²) < 4.78 is 40.6. The molecule has 2 aliphatic heterocycles. The highest BCUT2D eigenvalue weighted by Crippen LogP contribution is 2.33. The van der Waals surface area contributed by atoms with Gasteiger partial charge < -0.3 is 19.7 Å². The smallest absolute Gasteiger partial charge is 0.262 e. The number of carbonyl (C=O) groups is 2. The van der Waals surface area contributed by atoms with Crippen LogP contribution in [-0.4, -0.2) is 63.6 Å². The average molecular weight is 516 g/mol. The largest absolute Gasteiger partial charge is 0.490 e. The van der Waals surface area contributed by atoms with Gasteiger partial charge in [-0.25, -0.2) is 8.42 Å². The molecule has 2 N–H and O–H groups in total. The van der Waals surface area contributed by atoms with Gasteiger partial charge in [-0.1, -0.05) is 25.1 Å². The van der Waals surface area contributed by atoms with Gasteiger partial charge in [0.25, 0.3) is 15.9 Å². The molecule has 0 spiro atoms. The molecule has 1 saturated heterocycles. The first-order valence-corrected chi connectivity index (χ1v) is 13.7. The van der Waals surface area contributed by atoms with Crippen LogP contribution in [0.25, 0.3) is 0 Å². The number of nitrogens with zero attached hydrogens (tertiary/aromatic N) is 1. The number of amides is 2. The Labute approximate surface area is 212 Å². The summed E-state index contributed by atoms with van der Waals surface area (Å²) in [6, 6.07) is 11.2. The fraction of sp³-hybridized carbons (Fsp3) is 0.462. The Morgan fingerprint density at radius 1 is 1.17 bits per heavy atom. The first-order valence-electron chi connectivity index (χ1n) is 12.2. The van der Waals surface area contributed by atoms with Crippen LogP contribution in [0.5, 0.6) is 5.75 Å². The van der Waals surface area contributed by atoms with Gasteiger partial charge in [0.2, 0.25) is 5.91 Å². The molecule has 0 aromatic heterocycles. The van der Waals surface area contributed by atoms with E-state index in [1.807, 2.05) is 6.92 Å². The number of fused-ring (bicyclic) bond motifs is 2. The number of nitrogens with one attached hydrogen (secondary N) is 2. The Hall–Kier alpha value is -3.11. The van der Waals surface area contributed by atoms with Crippen LogP contribution in [-0.2, 0) is 19.6 Å². The summed E-state index contributed by atoms with van der Waals surface area (Å²) in [5.41, 5.74) is 1.18. The molecule has 2 aromatic carbocycles. The summed E-state index contributed by atoms with van der Waals surface area (Å²) in [6.07, 6.45) is 1.88. The number of aryl methyl sites for hydroxylation is 1. The molecule has 0 saturated carbocycles. The molecule has 2 aromatic rings. The zero-order valence-corrected chi connectivity index (χ0v) is 21.6. The molecule has 0 aliphatic carbocycles. The molecule has 36 heavy (non-hydrogen) atoms. The van der Waals surface area contributed by atoms with E-state index >= 15 is 0 Å². The standard InChI is InChI=1S/C26H33N3O6S/c1-4-13-27-25(30)15-19-10-11-21-23(35-19)16-34-22-12-9-18(14-20(22)26(31)29(21)3)28-36(32,33)24-8-6-5-7-17(24)2/h5-9,12,14,19,21,23,28H,4,10-11,13,15-16H2,1-3H3,(H,27,30)/t19-,21-,23+/m1/s1. The summed E-state index contributed by atoms with van der Waals surface area (Å²) in [5.74, 6) is 0.0393. The van der Waals surface area contributed by atoms with Crippen molar-refractivity contribution in [3.05, 3.63) is 53.6 Å². The number of sulfonamides is 1. The predicted octanol–water partition coefficient (Wildman–Crippen LogP) is 3.09. The van der Waals surface area contributed by atoms with Crippen molar-refractivity contribution in [2.45, 2.75) is 62.7 Å². The van der Waals surface area contributed by atoms with Gasteiger partial charge in [0.1, 0.15) is 18.5 Å². The molecular formula is C26H33N3O6S. The third kappa shape index (κ3) is 5.65. The van der Waals surface area contributed by atoms with Gasteiger partial charge in [0.05, 0.1) is 29.0 Å². The average Bonchev–Trinajstić information content (AvgIpc) is 2.85. The molecule has 9 nitrogen and oxygen atoms in total. The SMILES string of the molecule is CCCNC(=O)C[C@H]1CC[C@@H]2[C@H](COc3ccc(NS(=O)(=O)c4ccccc4C)cc3C(=O)N2C)O1. The number of carbonyl (C=O) groups excluding carboxylic acids is 2. The highest BCUT2D eigenvalue weighted by molar-refractivity contribution is 7.92. The van der Waals surface area contributed by atoms with Crippen molar-refractivity contribution in [3.63, 3.8) is 0 Å². The van der Waals surface area contributed by atoms with Crippen molar-refractivity contribution in [2.24, 2.45) is 0 Å². The van der Waals surface area contributed by atoms with Gasteiger partial charge >= 0.3 is 0 Å². The molecule has 0 unspecified atom stereocenters. The predicted molar refractivity (Wildman–Crippen MR) is 136 cm³/mol. The lowest BCUT2D eigenvalue weighted by molar-refractivity contribution is -0.134. The van der Waals surface area contributed by atoms with Gasteiger partial charge in [0.15, 0.2) is 0 Å². The summed E-state index contributed by atoms with van der Waals surface area (Å²) in [5, 5.41) is 2.87. The van der Waals surface area contributed by atoms with E-state index in [9.17, 15) is 18.0 Å². The first-order chi connectivity index (χ1) is 17.2. The van der Waals surface area contributed by atoms with Crippen LogP contribution in [0.2, 0.25) is 0 Å². The number of rotatable bonds is 7. The quantitative estimate of drug-likeness (QED) is 0.586. The molecule has 4 rings (SSSR count). The Morgan fingerprint density at radius 3 is 2.69 bits per heavy atom. The van der Waals surface area contributed by atoms with Gasteiger partial charge in [-0.15, -0.1) is 0 Å². The highest BCUT2D eigenvalue weighted by atomic mass is 32.2. The van der Waals surface area contributed by atoms with Gasteiger partial charge in [-0.2, -0.15) is 0 Å². The fourth-order valence-electron chi connectivity index (χ4n) is 4.70. The second kappa shape index (κ2) is 10.9. The fourth-order valence-corrected chi connectivity index (χ4v) is 6.00. The lowest BCUT2D eigenvalue weighted by Gasteiger charge is -2.42. The summed E-state index contributed by atoms with van der Waals surface area (Å²) >= 11 is 0. The van der Waals surface area contributed by atoms with Crippen molar-refractivity contribution >= 4 is 27.5 Å². The van der Waals surface area contributed by atoms with Crippen molar-refractivity contribution < 1.29 is 27.5 Å². The first kappa shape index (κ1) is 26.0. The third-order valence-electron chi connectivity index (χ3n) is 6.63. The lowest BCUT2D eigenvalue weighted by atomic mass is 9.94. The molecule has 10 heteroatoms. The zero-order valence-electron chi connectivity index (χ0n) is 20.8. The summed E-state index contributed by atoms with van der Waals surface area (Å²) in [4.78, 5) is 27.4. The normalized spacial score (nSPS) is 21.9. The van der Waals surface area contributed by atoms with E-state index in [1.54, 1.807) is 49.2 Å². The lowest BCUT2D eigenvalue weighted by Crippen LogP contribution is -2.54. The van der Waals surface area contributed by atoms with Gasteiger partial charge in [-0.3, -0.25) is 14.3 Å². The van der Waals surface area contributed by atoms with E-state index < -0.39 is 10.0 Å². The van der Waals surface area contributed by atoms with E-state index in [0.29, 0.717) is 30.7 Å².